The van der Waals surface area contributed by atoms with Gasteiger partial charge in [0.15, 0.2) is 0 Å². The number of amides is 2. The van der Waals surface area contributed by atoms with Gasteiger partial charge in [0.25, 0.3) is 0 Å². The number of benzene rings is 2. The molecule has 3 heterocycles. The molecule has 0 saturated carbocycles. The Bertz CT molecular complexity index is 1240. The number of aliphatic hydroxyl groups excluding tert-OH is 1. The summed E-state index contributed by atoms with van der Waals surface area (Å²) in [6.45, 7) is 1.71. The standard InChI is InChI=1S/C27H28F4N4O2/c28-22-3-1-2-18(13-22)24-14-25(33-32-24)20-12-19(17-4-6-21(7-5-17)27(29,30)31)15-35(16-20)26(37)34-10-8-23(36)9-11-34/h1-7,13-14,19-20,23,36H,8-12,15-16H2,(H,32,33). The molecule has 0 radical (unpaired) electrons. The van der Waals surface area contributed by atoms with Crippen LogP contribution >= 0.6 is 0 Å². The second-order valence-electron chi connectivity index (χ2n) is 9.87. The van der Waals surface area contributed by atoms with Gasteiger partial charge in [-0.1, -0.05) is 24.3 Å². The Hall–Kier alpha value is -3.40. The van der Waals surface area contributed by atoms with E-state index in [4.69, 9.17) is 0 Å². The highest BCUT2D eigenvalue weighted by Gasteiger charge is 2.36. The SMILES string of the molecule is O=C(N1CCC(O)CC1)N1CC(c2ccc(C(F)(F)F)cc2)CC(c2cc(-c3cccc(F)c3)n[nH]2)C1. The van der Waals surface area contributed by atoms with Crippen LogP contribution in [0.2, 0.25) is 0 Å². The van der Waals surface area contributed by atoms with Gasteiger partial charge in [-0.2, -0.15) is 18.3 Å². The van der Waals surface area contributed by atoms with Crippen LogP contribution in [0.25, 0.3) is 11.3 Å². The smallest absolute Gasteiger partial charge is 0.393 e. The number of aromatic nitrogens is 2. The Morgan fingerprint density at radius 2 is 1.68 bits per heavy atom. The van der Waals surface area contributed by atoms with Crippen LogP contribution in [0.5, 0.6) is 0 Å². The zero-order valence-corrected chi connectivity index (χ0v) is 20.1. The lowest BCUT2D eigenvalue weighted by Gasteiger charge is -2.41. The molecule has 37 heavy (non-hydrogen) atoms. The van der Waals surface area contributed by atoms with Crippen LogP contribution in [-0.2, 0) is 6.18 Å². The molecular formula is C27H28F4N4O2. The molecule has 5 rings (SSSR count). The monoisotopic (exact) mass is 516 g/mol. The number of piperidine rings is 2. The molecule has 0 bridgehead atoms. The van der Waals surface area contributed by atoms with Gasteiger partial charge >= 0.3 is 12.2 Å². The number of H-pyrrole nitrogens is 1. The van der Waals surface area contributed by atoms with Gasteiger partial charge in [-0.05, 0) is 55.2 Å². The lowest BCUT2D eigenvalue weighted by molar-refractivity contribution is -0.137. The highest BCUT2D eigenvalue weighted by molar-refractivity contribution is 5.75. The van der Waals surface area contributed by atoms with E-state index in [9.17, 15) is 27.5 Å². The first-order valence-electron chi connectivity index (χ1n) is 12.4. The highest BCUT2D eigenvalue weighted by Crippen LogP contribution is 2.38. The second-order valence-corrected chi connectivity index (χ2v) is 9.87. The number of aliphatic hydroxyl groups is 1. The van der Waals surface area contributed by atoms with E-state index < -0.39 is 17.8 Å². The van der Waals surface area contributed by atoms with Gasteiger partial charge in [0.05, 0.1) is 17.4 Å². The molecule has 0 aliphatic carbocycles. The quantitative estimate of drug-likeness (QED) is 0.459. The predicted molar refractivity (Wildman–Crippen MR) is 129 cm³/mol. The minimum atomic E-state index is -4.42. The molecule has 10 heteroatoms. The normalized spacial score (nSPS) is 21.3. The summed E-state index contributed by atoms with van der Waals surface area (Å²) >= 11 is 0. The number of halogens is 4. The lowest BCUT2D eigenvalue weighted by atomic mass is 9.82. The van der Waals surface area contributed by atoms with Gasteiger partial charge in [-0.25, -0.2) is 9.18 Å². The third-order valence-corrected chi connectivity index (χ3v) is 7.32. The van der Waals surface area contributed by atoms with Gasteiger partial charge in [0.1, 0.15) is 5.82 Å². The highest BCUT2D eigenvalue weighted by atomic mass is 19.4. The van der Waals surface area contributed by atoms with Crippen molar-refractivity contribution in [2.75, 3.05) is 26.2 Å². The molecule has 1 aromatic heterocycles. The van der Waals surface area contributed by atoms with Crippen molar-refractivity contribution in [3.63, 3.8) is 0 Å². The molecule has 6 nitrogen and oxygen atoms in total. The van der Waals surface area contributed by atoms with E-state index in [1.54, 1.807) is 21.9 Å². The zero-order valence-electron chi connectivity index (χ0n) is 20.1. The van der Waals surface area contributed by atoms with Crippen molar-refractivity contribution in [2.24, 2.45) is 0 Å². The number of nitrogens with one attached hydrogen (secondary N) is 1. The van der Waals surface area contributed by atoms with Crippen molar-refractivity contribution in [1.29, 1.82) is 0 Å². The van der Waals surface area contributed by atoms with Crippen LogP contribution in [0.15, 0.2) is 54.6 Å². The minimum absolute atomic E-state index is 0.140. The molecular weight excluding hydrogens is 488 g/mol. The van der Waals surface area contributed by atoms with Gasteiger partial charge < -0.3 is 14.9 Å². The van der Waals surface area contributed by atoms with Gasteiger partial charge in [0.2, 0.25) is 0 Å². The van der Waals surface area contributed by atoms with E-state index in [1.165, 1.54) is 24.3 Å². The number of hydrogen-bond acceptors (Lipinski definition) is 3. The third kappa shape index (κ3) is 5.64. The van der Waals surface area contributed by atoms with E-state index in [2.05, 4.69) is 10.2 Å². The molecule has 0 spiro atoms. The average Bonchev–Trinajstić information content (AvgIpc) is 3.39. The summed E-state index contributed by atoms with van der Waals surface area (Å²) in [7, 11) is 0. The van der Waals surface area contributed by atoms with Gasteiger partial charge in [0, 0.05) is 49.3 Å². The molecule has 2 aromatic carbocycles. The maximum absolute atomic E-state index is 13.7. The van der Waals surface area contributed by atoms with Crippen LogP contribution in [0.3, 0.4) is 0 Å². The summed E-state index contributed by atoms with van der Waals surface area (Å²) in [5.41, 5.74) is 2.00. The second kappa shape index (κ2) is 10.2. The lowest BCUT2D eigenvalue weighted by Crippen LogP contribution is -2.51. The van der Waals surface area contributed by atoms with Crippen LogP contribution in [0.4, 0.5) is 22.4 Å². The Morgan fingerprint density at radius 1 is 0.973 bits per heavy atom. The number of carbonyl (C=O) groups excluding carboxylic acids is 1. The summed E-state index contributed by atoms with van der Waals surface area (Å²) in [4.78, 5) is 16.9. The molecule has 2 unspecified atom stereocenters. The maximum Gasteiger partial charge on any atom is 0.416 e. The van der Waals surface area contributed by atoms with Crippen LogP contribution in [-0.4, -0.2) is 63.4 Å². The first kappa shape index (κ1) is 25.3. The Morgan fingerprint density at radius 3 is 2.35 bits per heavy atom. The molecule has 2 fully saturated rings. The van der Waals surface area contributed by atoms with Crippen molar-refractivity contribution in [3.05, 3.63) is 77.2 Å². The number of aromatic amines is 1. The molecule has 2 saturated heterocycles. The topological polar surface area (TPSA) is 72.5 Å². The number of urea groups is 1. The first-order valence-corrected chi connectivity index (χ1v) is 12.4. The van der Waals surface area contributed by atoms with E-state index in [1.807, 2.05) is 6.07 Å². The van der Waals surface area contributed by atoms with Crippen LogP contribution < -0.4 is 0 Å². The molecule has 2 atom stereocenters. The number of alkyl halides is 3. The first-order chi connectivity index (χ1) is 17.7. The van der Waals surface area contributed by atoms with E-state index in [0.29, 0.717) is 56.7 Å². The number of hydrogen-bond donors (Lipinski definition) is 2. The summed E-state index contributed by atoms with van der Waals surface area (Å²) in [5.74, 6) is -0.693. The van der Waals surface area contributed by atoms with Crippen LogP contribution in [0, 0.1) is 5.82 Å². The zero-order chi connectivity index (χ0) is 26.2. The summed E-state index contributed by atoms with van der Waals surface area (Å²) in [5, 5.41) is 17.2. The predicted octanol–water partition coefficient (Wildman–Crippen LogP) is 5.38. The molecule has 2 N–H and O–H groups in total. The average molecular weight is 517 g/mol. The van der Waals surface area contributed by atoms with E-state index in [-0.39, 0.29) is 23.7 Å². The fourth-order valence-corrected chi connectivity index (χ4v) is 5.26. The molecule has 2 amide bonds. The molecule has 2 aliphatic rings. The van der Waals surface area contributed by atoms with Crippen molar-refractivity contribution in [3.8, 4) is 11.3 Å². The molecule has 3 aromatic rings. The number of rotatable bonds is 3. The van der Waals surface area contributed by atoms with Crippen molar-refractivity contribution < 1.29 is 27.5 Å². The van der Waals surface area contributed by atoms with Gasteiger partial charge in [-0.15, -0.1) is 0 Å². The summed E-state index contributed by atoms with van der Waals surface area (Å²) in [6.07, 6.45) is -3.19. The maximum atomic E-state index is 13.7. The van der Waals surface area contributed by atoms with Crippen molar-refractivity contribution >= 4 is 6.03 Å². The largest absolute Gasteiger partial charge is 0.416 e. The van der Waals surface area contributed by atoms with E-state index >= 15 is 0 Å². The molecule has 2 aliphatic heterocycles. The Kier molecular flexibility index (Phi) is 6.94. The summed E-state index contributed by atoms with van der Waals surface area (Å²) < 4.78 is 53.0. The minimum Gasteiger partial charge on any atom is -0.393 e. The van der Waals surface area contributed by atoms with Crippen LogP contribution in [0.1, 0.15) is 47.9 Å². The fourth-order valence-electron chi connectivity index (χ4n) is 5.26. The number of nitrogens with zero attached hydrogens (tertiary/aromatic N) is 3. The number of carbonyl (C=O) groups is 1. The third-order valence-electron chi connectivity index (χ3n) is 7.32. The number of likely N-dealkylation sites (tertiary alicyclic amines) is 2. The summed E-state index contributed by atoms with van der Waals surface area (Å²) in [6, 6.07) is 13.0. The van der Waals surface area contributed by atoms with Crippen molar-refractivity contribution in [2.45, 2.75) is 43.4 Å². The molecule has 196 valence electrons. The Labute approximate surface area is 211 Å². The fraction of sp³-hybridized carbons (Fsp3) is 0.407. The van der Waals surface area contributed by atoms with Crippen molar-refractivity contribution in [1.82, 2.24) is 20.0 Å². The van der Waals surface area contributed by atoms with E-state index in [0.717, 1.165) is 23.4 Å². The van der Waals surface area contributed by atoms with Gasteiger partial charge in [-0.3, -0.25) is 5.10 Å². The Balaban J connectivity index is 1.41.